The number of hydrogen-bond donors (Lipinski definition) is 1. The molecular formula is C16H21NOSi. The lowest BCUT2D eigenvalue weighted by molar-refractivity contribution is 0.0957. The zero-order valence-corrected chi connectivity index (χ0v) is 13.1. The summed E-state index contributed by atoms with van der Waals surface area (Å²) in [6.07, 6.45) is 0. The van der Waals surface area contributed by atoms with Gasteiger partial charge in [0.2, 0.25) is 0 Å². The Balaban J connectivity index is 2.67. The lowest BCUT2D eigenvalue weighted by Gasteiger charge is -2.21. The fraction of sp³-hybridized carbons (Fsp3) is 0.312. The highest BCUT2D eigenvalue weighted by atomic mass is 28.3. The number of amides is 1. The van der Waals surface area contributed by atoms with Gasteiger partial charge in [0, 0.05) is 12.1 Å². The second-order valence-electron chi connectivity index (χ2n) is 5.85. The number of rotatable bonds is 3. The predicted molar refractivity (Wildman–Crippen MR) is 84.9 cm³/mol. The highest BCUT2D eigenvalue weighted by Gasteiger charge is 2.23. The van der Waals surface area contributed by atoms with Crippen LogP contribution in [0.2, 0.25) is 19.6 Å². The first-order valence-electron chi connectivity index (χ1n) is 6.75. The van der Waals surface area contributed by atoms with Crippen LogP contribution < -0.4 is 10.5 Å². The van der Waals surface area contributed by atoms with Gasteiger partial charge in [-0.25, -0.2) is 0 Å². The standard InChI is InChI=1S/C16H21NOSi/c1-5-17-16(18)14-10-12-8-6-7-9-13(12)11-15(14)19(2,3)4/h6-11H,5H2,1-4H3,(H,17,18). The third-order valence-corrected chi connectivity index (χ3v) is 5.31. The minimum atomic E-state index is -1.55. The van der Waals surface area contributed by atoms with Crippen molar-refractivity contribution in [3.8, 4) is 0 Å². The van der Waals surface area contributed by atoms with E-state index in [9.17, 15) is 4.79 Å². The highest BCUT2D eigenvalue weighted by Crippen LogP contribution is 2.17. The van der Waals surface area contributed by atoms with Crippen LogP contribution in [-0.2, 0) is 0 Å². The normalized spacial score (nSPS) is 11.6. The van der Waals surface area contributed by atoms with Crippen molar-refractivity contribution in [1.82, 2.24) is 5.32 Å². The SMILES string of the molecule is CCNC(=O)c1cc2ccccc2cc1[Si](C)(C)C. The molecule has 0 fully saturated rings. The average molecular weight is 271 g/mol. The minimum Gasteiger partial charge on any atom is -0.352 e. The summed E-state index contributed by atoms with van der Waals surface area (Å²) in [7, 11) is -1.55. The summed E-state index contributed by atoms with van der Waals surface area (Å²) in [4.78, 5) is 12.3. The molecule has 0 aliphatic rings. The van der Waals surface area contributed by atoms with Gasteiger partial charge < -0.3 is 5.32 Å². The maximum absolute atomic E-state index is 12.3. The van der Waals surface area contributed by atoms with Crippen molar-refractivity contribution in [1.29, 1.82) is 0 Å². The topological polar surface area (TPSA) is 29.1 Å². The molecule has 100 valence electrons. The van der Waals surface area contributed by atoms with E-state index in [1.54, 1.807) is 0 Å². The summed E-state index contributed by atoms with van der Waals surface area (Å²) in [6.45, 7) is 9.45. The van der Waals surface area contributed by atoms with Crippen LogP contribution >= 0.6 is 0 Å². The highest BCUT2D eigenvalue weighted by molar-refractivity contribution is 6.89. The Kier molecular flexibility index (Phi) is 3.76. The van der Waals surface area contributed by atoms with Gasteiger partial charge in [0.15, 0.2) is 0 Å². The maximum Gasteiger partial charge on any atom is 0.251 e. The van der Waals surface area contributed by atoms with Gasteiger partial charge in [-0.05, 0) is 28.9 Å². The van der Waals surface area contributed by atoms with E-state index in [1.165, 1.54) is 10.6 Å². The first-order valence-corrected chi connectivity index (χ1v) is 10.2. The van der Waals surface area contributed by atoms with Gasteiger partial charge in [-0.2, -0.15) is 0 Å². The number of nitrogens with one attached hydrogen (secondary N) is 1. The molecule has 0 spiro atoms. The Morgan fingerprint density at radius 2 is 1.68 bits per heavy atom. The lowest BCUT2D eigenvalue weighted by atomic mass is 10.1. The maximum atomic E-state index is 12.3. The molecule has 1 amide bonds. The minimum absolute atomic E-state index is 0.0469. The van der Waals surface area contributed by atoms with Crippen molar-refractivity contribution in [2.45, 2.75) is 26.6 Å². The van der Waals surface area contributed by atoms with Crippen LogP contribution in [0.3, 0.4) is 0 Å². The quantitative estimate of drug-likeness (QED) is 0.854. The van der Waals surface area contributed by atoms with E-state index < -0.39 is 8.07 Å². The molecular weight excluding hydrogens is 250 g/mol. The Bertz CT molecular complexity index is 614. The molecule has 0 aliphatic heterocycles. The van der Waals surface area contributed by atoms with Crippen LogP contribution in [0.5, 0.6) is 0 Å². The summed E-state index contributed by atoms with van der Waals surface area (Å²) in [5.41, 5.74) is 0.847. The third-order valence-electron chi connectivity index (χ3n) is 3.28. The summed E-state index contributed by atoms with van der Waals surface area (Å²) in [5, 5.41) is 6.50. The molecule has 0 heterocycles. The summed E-state index contributed by atoms with van der Waals surface area (Å²) in [5.74, 6) is 0.0469. The van der Waals surface area contributed by atoms with Crippen LogP contribution in [0.25, 0.3) is 10.8 Å². The second kappa shape index (κ2) is 5.17. The van der Waals surface area contributed by atoms with Gasteiger partial charge in [0.1, 0.15) is 0 Å². The van der Waals surface area contributed by atoms with Crippen molar-refractivity contribution < 1.29 is 4.79 Å². The predicted octanol–water partition coefficient (Wildman–Crippen LogP) is 3.13. The molecule has 0 radical (unpaired) electrons. The van der Waals surface area contributed by atoms with Crippen molar-refractivity contribution in [3.05, 3.63) is 42.0 Å². The Morgan fingerprint density at radius 1 is 1.11 bits per heavy atom. The zero-order valence-electron chi connectivity index (χ0n) is 12.1. The fourth-order valence-electron chi connectivity index (χ4n) is 2.30. The van der Waals surface area contributed by atoms with Crippen LogP contribution in [0, 0.1) is 0 Å². The number of carbonyl (C=O) groups is 1. The van der Waals surface area contributed by atoms with Crippen LogP contribution in [0.15, 0.2) is 36.4 Å². The van der Waals surface area contributed by atoms with Crippen molar-refractivity contribution in [2.24, 2.45) is 0 Å². The second-order valence-corrected chi connectivity index (χ2v) is 10.9. The monoisotopic (exact) mass is 271 g/mol. The van der Waals surface area contributed by atoms with Gasteiger partial charge in [0.05, 0.1) is 8.07 Å². The molecule has 19 heavy (non-hydrogen) atoms. The first kappa shape index (κ1) is 13.8. The number of benzene rings is 2. The summed E-state index contributed by atoms with van der Waals surface area (Å²) >= 11 is 0. The van der Waals surface area contributed by atoms with E-state index in [4.69, 9.17) is 0 Å². The van der Waals surface area contributed by atoms with Crippen LogP contribution in [0.4, 0.5) is 0 Å². The zero-order chi connectivity index (χ0) is 14.0. The number of hydrogen-bond acceptors (Lipinski definition) is 1. The number of fused-ring (bicyclic) bond motifs is 1. The molecule has 0 aromatic heterocycles. The molecule has 3 heteroatoms. The molecule has 0 atom stereocenters. The third kappa shape index (κ3) is 2.87. The van der Waals surface area contributed by atoms with E-state index in [0.29, 0.717) is 6.54 Å². The van der Waals surface area contributed by atoms with Crippen molar-refractivity contribution in [3.63, 3.8) is 0 Å². The van der Waals surface area contributed by atoms with E-state index in [-0.39, 0.29) is 5.91 Å². The van der Waals surface area contributed by atoms with Crippen LogP contribution in [0.1, 0.15) is 17.3 Å². The van der Waals surface area contributed by atoms with Gasteiger partial charge in [-0.15, -0.1) is 0 Å². The first-order chi connectivity index (χ1) is 8.93. The van der Waals surface area contributed by atoms with Gasteiger partial charge in [-0.1, -0.05) is 50.0 Å². The summed E-state index contributed by atoms with van der Waals surface area (Å²) in [6, 6.07) is 12.5. The lowest BCUT2D eigenvalue weighted by Crippen LogP contribution is -2.43. The van der Waals surface area contributed by atoms with Gasteiger partial charge in [0.25, 0.3) is 5.91 Å². The van der Waals surface area contributed by atoms with E-state index >= 15 is 0 Å². The fourth-order valence-corrected chi connectivity index (χ4v) is 3.89. The molecule has 2 nitrogen and oxygen atoms in total. The summed E-state index contributed by atoms with van der Waals surface area (Å²) < 4.78 is 0. The Labute approximate surface area is 115 Å². The van der Waals surface area contributed by atoms with E-state index in [0.717, 1.165) is 10.9 Å². The molecule has 0 bridgehead atoms. The van der Waals surface area contributed by atoms with Gasteiger partial charge in [-0.3, -0.25) is 4.79 Å². The number of carbonyl (C=O) groups excluding carboxylic acids is 1. The van der Waals surface area contributed by atoms with Crippen LogP contribution in [-0.4, -0.2) is 20.5 Å². The van der Waals surface area contributed by atoms with Crippen molar-refractivity contribution in [2.75, 3.05) is 6.54 Å². The average Bonchev–Trinajstić information content (AvgIpc) is 2.36. The molecule has 0 saturated carbocycles. The Morgan fingerprint density at radius 3 is 2.21 bits per heavy atom. The smallest absolute Gasteiger partial charge is 0.251 e. The molecule has 1 N–H and O–H groups in total. The molecule has 2 aromatic carbocycles. The van der Waals surface area contributed by atoms with E-state index in [2.05, 4.69) is 43.2 Å². The molecule has 2 rings (SSSR count). The van der Waals surface area contributed by atoms with E-state index in [1.807, 2.05) is 25.1 Å². The van der Waals surface area contributed by atoms with Gasteiger partial charge >= 0.3 is 0 Å². The molecule has 0 saturated heterocycles. The largest absolute Gasteiger partial charge is 0.352 e. The molecule has 0 aliphatic carbocycles. The molecule has 0 unspecified atom stereocenters. The Hall–Kier alpha value is -1.61. The molecule has 2 aromatic rings. The van der Waals surface area contributed by atoms with Crippen molar-refractivity contribution >= 4 is 29.9 Å².